The van der Waals surface area contributed by atoms with E-state index in [2.05, 4.69) is 47.7 Å². The Kier molecular flexibility index (Phi) is 9.05. The number of allylic oxidation sites excluding steroid dienone is 1. The second-order valence-corrected chi connectivity index (χ2v) is 15.2. The van der Waals surface area contributed by atoms with Crippen LogP contribution in [0.5, 0.6) is 5.75 Å². The Hall–Kier alpha value is -4.71. The molecule has 3 aromatic heterocycles. The fourth-order valence-electron chi connectivity index (χ4n) is 5.79. The van der Waals surface area contributed by atoms with Crippen LogP contribution in [0.15, 0.2) is 49.1 Å². The highest BCUT2D eigenvalue weighted by Gasteiger charge is 2.25. The van der Waals surface area contributed by atoms with Crippen LogP contribution >= 0.6 is 18.7 Å². The van der Waals surface area contributed by atoms with Crippen LogP contribution < -0.4 is 30.9 Å². The van der Waals surface area contributed by atoms with Crippen LogP contribution in [0.3, 0.4) is 0 Å². The van der Waals surface area contributed by atoms with Crippen molar-refractivity contribution >= 4 is 86.7 Å². The molecular weight excluding hydrogens is 637 g/mol. The molecule has 1 aliphatic heterocycles. The van der Waals surface area contributed by atoms with Crippen molar-refractivity contribution in [2.75, 3.05) is 76.2 Å². The van der Waals surface area contributed by atoms with E-state index in [1.165, 1.54) is 6.21 Å². The van der Waals surface area contributed by atoms with Crippen molar-refractivity contribution in [3.63, 3.8) is 0 Å². The molecule has 0 atom stereocenters. The minimum Gasteiger partial charge on any atom is -0.494 e. The van der Waals surface area contributed by atoms with Crippen LogP contribution in [-0.2, 0) is 4.57 Å². The maximum absolute atomic E-state index is 13.6. The van der Waals surface area contributed by atoms with Gasteiger partial charge in [-0.05, 0) is 38.6 Å². The van der Waals surface area contributed by atoms with Gasteiger partial charge in [0.2, 0.25) is 5.95 Å². The van der Waals surface area contributed by atoms with Gasteiger partial charge in [-0.3, -0.25) is 9.97 Å². The maximum atomic E-state index is 13.6. The minimum atomic E-state index is -2.83. The molecule has 0 amide bonds. The van der Waals surface area contributed by atoms with Gasteiger partial charge in [0.05, 0.1) is 39.7 Å². The van der Waals surface area contributed by atoms with E-state index in [0.717, 1.165) is 37.4 Å². The van der Waals surface area contributed by atoms with E-state index in [1.54, 1.807) is 45.2 Å². The summed E-state index contributed by atoms with van der Waals surface area (Å²) < 4.78 is 19.5. The number of H-pyrrole nitrogens is 1. The number of nitrogens with zero attached hydrogens (tertiary/aromatic N) is 6. The van der Waals surface area contributed by atoms with Gasteiger partial charge < -0.3 is 45.4 Å². The zero-order valence-electron chi connectivity index (χ0n) is 26.8. The lowest BCUT2D eigenvalue weighted by Crippen LogP contribution is -2.44. The topological polar surface area (TPSA) is 160 Å². The molecule has 15 heteroatoms. The molecule has 6 rings (SSSR count). The molecule has 0 unspecified atom stereocenters. The fraction of sp³-hybridized carbons (Fsp3) is 0.281. The first-order valence-corrected chi connectivity index (χ1v) is 18.0. The number of likely N-dealkylation sites (N-methyl/N-ethyl adjacent to an activating group) is 1. The number of nitrogens with one attached hydrogen (secondary N) is 5. The molecule has 47 heavy (non-hydrogen) atoms. The first-order valence-electron chi connectivity index (χ1n) is 15.0. The Labute approximate surface area is 277 Å². The third kappa shape index (κ3) is 6.47. The summed E-state index contributed by atoms with van der Waals surface area (Å²) in [5.41, 5.74) is 5.42. The summed E-state index contributed by atoms with van der Waals surface area (Å²) in [6, 6.07) is 7.59. The standard InChI is InChI=1S/C32H37ClN11O2P/c1-35-17-19(16-34)20-14-24(26(46-3)15-25(20)44-12-10-43(2)11-13-44)40-32-41-30-27(21(33)18-38-30)31(42-32)39-23-7-6-22-28(37-9-8-36-22)29(23)47(4,5)45/h6-9,14-18,34-35H,10-13H2,1-5H3,(H3,38,39,40,41,42)/b19-17+,34-16?. The molecule has 1 fully saturated rings. The zero-order chi connectivity index (χ0) is 33.3. The third-order valence-electron chi connectivity index (χ3n) is 8.06. The summed E-state index contributed by atoms with van der Waals surface area (Å²) in [4.78, 5) is 26.2. The Morgan fingerprint density at radius 1 is 1.09 bits per heavy atom. The molecule has 13 nitrogen and oxygen atoms in total. The number of halogens is 1. The molecule has 1 aliphatic rings. The first kappa shape index (κ1) is 32.2. The lowest BCUT2D eigenvalue weighted by atomic mass is 10.0. The lowest BCUT2D eigenvalue weighted by Gasteiger charge is -2.35. The Balaban J connectivity index is 1.46. The number of anilines is 5. The molecule has 244 valence electrons. The average molecular weight is 674 g/mol. The van der Waals surface area contributed by atoms with E-state index >= 15 is 0 Å². The number of benzene rings is 2. The van der Waals surface area contributed by atoms with Gasteiger partial charge in [-0.1, -0.05) is 11.6 Å². The number of rotatable bonds is 10. The molecule has 1 saturated heterocycles. The Morgan fingerprint density at radius 2 is 1.85 bits per heavy atom. The van der Waals surface area contributed by atoms with Crippen molar-refractivity contribution in [2.24, 2.45) is 0 Å². The number of hydrogen-bond donors (Lipinski definition) is 5. The number of piperazine rings is 1. The van der Waals surface area contributed by atoms with Gasteiger partial charge in [0.15, 0.2) is 0 Å². The van der Waals surface area contributed by atoms with Crippen molar-refractivity contribution in [3.8, 4) is 5.75 Å². The van der Waals surface area contributed by atoms with E-state index in [9.17, 15) is 4.57 Å². The van der Waals surface area contributed by atoms with E-state index in [-0.39, 0.29) is 5.95 Å². The largest absolute Gasteiger partial charge is 0.494 e. The normalized spacial score (nSPS) is 14.4. The first-order chi connectivity index (χ1) is 22.6. The molecule has 2 aromatic carbocycles. The summed E-state index contributed by atoms with van der Waals surface area (Å²) in [6.07, 6.45) is 7.98. The molecule has 0 radical (unpaired) electrons. The molecular formula is C32H37ClN11O2P. The molecule has 5 N–H and O–H groups in total. The quantitative estimate of drug-likeness (QED) is 0.0972. The number of ether oxygens (including phenoxy) is 1. The molecule has 0 saturated carbocycles. The number of hydrogen-bond acceptors (Lipinski definition) is 12. The average Bonchev–Trinajstić information content (AvgIpc) is 3.43. The second-order valence-electron chi connectivity index (χ2n) is 11.6. The molecule has 0 aliphatic carbocycles. The number of aromatic amines is 1. The molecule has 0 spiro atoms. The minimum absolute atomic E-state index is 0.266. The van der Waals surface area contributed by atoms with Crippen LogP contribution in [0.25, 0.3) is 27.6 Å². The highest BCUT2D eigenvalue weighted by Crippen LogP contribution is 2.42. The zero-order valence-corrected chi connectivity index (χ0v) is 28.5. The monoisotopic (exact) mass is 673 g/mol. The van der Waals surface area contributed by atoms with E-state index in [4.69, 9.17) is 31.7 Å². The van der Waals surface area contributed by atoms with Gasteiger partial charge in [0.1, 0.15) is 29.9 Å². The predicted molar refractivity (Wildman–Crippen MR) is 193 cm³/mol. The Morgan fingerprint density at radius 3 is 2.55 bits per heavy atom. The highest BCUT2D eigenvalue weighted by atomic mass is 35.5. The fourth-order valence-corrected chi connectivity index (χ4v) is 7.41. The van der Waals surface area contributed by atoms with Gasteiger partial charge in [0, 0.05) is 87.1 Å². The predicted octanol–water partition coefficient (Wildman–Crippen LogP) is 5.26. The van der Waals surface area contributed by atoms with Crippen LogP contribution in [0.4, 0.5) is 28.8 Å². The van der Waals surface area contributed by atoms with Gasteiger partial charge in [0.25, 0.3) is 0 Å². The smallest absolute Gasteiger partial charge is 0.231 e. The van der Waals surface area contributed by atoms with Crippen LogP contribution in [-0.4, -0.2) is 96.7 Å². The number of fused-ring (bicyclic) bond motifs is 2. The van der Waals surface area contributed by atoms with Crippen LogP contribution in [0.2, 0.25) is 5.02 Å². The van der Waals surface area contributed by atoms with E-state index < -0.39 is 7.14 Å². The van der Waals surface area contributed by atoms with Crippen LogP contribution in [0, 0.1) is 5.41 Å². The summed E-state index contributed by atoms with van der Waals surface area (Å²) in [6.45, 7) is 6.95. The number of methoxy groups -OCH3 is 1. The summed E-state index contributed by atoms with van der Waals surface area (Å²) in [5, 5.41) is 19.5. The summed E-state index contributed by atoms with van der Waals surface area (Å²) in [5.74, 6) is 1.26. The second kappa shape index (κ2) is 13.2. The highest BCUT2D eigenvalue weighted by molar-refractivity contribution is 7.71. The van der Waals surface area contributed by atoms with Crippen molar-refractivity contribution in [3.05, 3.63) is 59.6 Å². The summed E-state index contributed by atoms with van der Waals surface area (Å²) >= 11 is 6.62. The van der Waals surface area contributed by atoms with Crippen LogP contribution in [0.1, 0.15) is 5.56 Å². The Bertz CT molecular complexity index is 2050. The molecule has 0 bridgehead atoms. The van der Waals surface area contributed by atoms with Crippen molar-refractivity contribution in [1.29, 1.82) is 5.41 Å². The molecule has 4 heterocycles. The molecule has 5 aromatic rings. The lowest BCUT2D eigenvalue weighted by molar-refractivity contribution is 0.312. The van der Waals surface area contributed by atoms with Gasteiger partial charge in [-0.15, -0.1) is 0 Å². The number of aromatic nitrogens is 5. The van der Waals surface area contributed by atoms with E-state index in [1.807, 2.05) is 31.3 Å². The van der Waals surface area contributed by atoms with Gasteiger partial charge in [-0.25, -0.2) is 0 Å². The SMILES string of the molecule is CN/C=C(\C=N)c1cc(Nc2nc(Nc3ccc4nccnc4c3P(C)(C)=O)c3c(Cl)c[nH]c3n2)c(OC)cc1N1CCN(C)CC1. The third-order valence-corrected chi connectivity index (χ3v) is 9.89. The maximum Gasteiger partial charge on any atom is 0.231 e. The van der Waals surface area contributed by atoms with Crippen molar-refractivity contribution in [2.45, 2.75) is 0 Å². The summed E-state index contributed by atoms with van der Waals surface area (Å²) in [7, 11) is 2.71. The van der Waals surface area contributed by atoms with Gasteiger partial charge in [-0.2, -0.15) is 9.97 Å². The van der Waals surface area contributed by atoms with E-state index in [0.29, 0.717) is 60.9 Å². The van der Waals surface area contributed by atoms with Gasteiger partial charge >= 0.3 is 0 Å². The van der Waals surface area contributed by atoms with Crippen molar-refractivity contribution in [1.82, 2.24) is 35.1 Å². The van der Waals surface area contributed by atoms with Crippen molar-refractivity contribution < 1.29 is 9.30 Å².